The minimum absolute atomic E-state index is 0.0286. The van der Waals surface area contributed by atoms with Crippen LogP contribution >= 0.6 is 0 Å². The number of nitrogens with zero attached hydrogens (tertiary/aromatic N) is 7. The number of aromatic nitrogens is 4. The molecular formula is C33H44N8O4. The van der Waals surface area contributed by atoms with Crippen LogP contribution in [0.3, 0.4) is 0 Å². The number of anilines is 3. The summed E-state index contributed by atoms with van der Waals surface area (Å²) in [6.07, 6.45) is 10.2. The van der Waals surface area contributed by atoms with Gasteiger partial charge in [-0.25, -0.2) is 14.8 Å². The minimum Gasteiger partial charge on any atom is -0.444 e. The predicted molar refractivity (Wildman–Crippen MR) is 172 cm³/mol. The number of hydrogen-bond acceptors (Lipinski definition) is 8. The Hall–Kier alpha value is -4.22. The molecule has 3 aliphatic rings. The lowest BCUT2D eigenvalue weighted by Gasteiger charge is -2.33. The molecule has 12 nitrogen and oxygen atoms in total. The third kappa shape index (κ3) is 6.60. The van der Waals surface area contributed by atoms with Crippen LogP contribution in [0.5, 0.6) is 0 Å². The van der Waals surface area contributed by atoms with Crippen molar-refractivity contribution in [3.8, 4) is 0 Å². The quantitative estimate of drug-likeness (QED) is 0.379. The van der Waals surface area contributed by atoms with Crippen molar-refractivity contribution >= 4 is 46.4 Å². The third-order valence-electron chi connectivity index (χ3n) is 9.07. The first-order valence-corrected chi connectivity index (χ1v) is 16.1. The Kier molecular flexibility index (Phi) is 8.41. The molecule has 2 atom stereocenters. The van der Waals surface area contributed by atoms with Gasteiger partial charge in [0.25, 0.3) is 5.91 Å². The van der Waals surface area contributed by atoms with E-state index < -0.39 is 5.60 Å². The smallest absolute Gasteiger partial charge is 0.410 e. The zero-order valence-electron chi connectivity index (χ0n) is 27.0. The number of carbonyl (C=O) groups excluding carboxylic acids is 3. The number of pyridine rings is 1. The fraction of sp³-hybridized carbons (Fsp3) is 0.576. The van der Waals surface area contributed by atoms with Crippen molar-refractivity contribution in [1.29, 1.82) is 0 Å². The Morgan fingerprint density at radius 2 is 1.71 bits per heavy atom. The summed E-state index contributed by atoms with van der Waals surface area (Å²) in [5.41, 5.74) is 1.54. The van der Waals surface area contributed by atoms with Crippen LogP contribution in [0, 0.1) is 11.8 Å². The van der Waals surface area contributed by atoms with Crippen LogP contribution in [-0.4, -0.2) is 86.6 Å². The normalized spacial score (nSPS) is 21.0. The maximum absolute atomic E-state index is 13.2. The Bertz CT molecular complexity index is 1570. The van der Waals surface area contributed by atoms with E-state index in [4.69, 9.17) is 9.72 Å². The van der Waals surface area contributed by atoms with Crippen molar-refractivity contribution in [3.63, 3.8) is 0 Å². The Balaban J connectivity index is 1.18. The Morgan fingerprint density at radius 3 is 2.38 bits per heavy atom. The summed E-state index contributed by atoms with van der Waals surface area (Å²) in [4.78, 5) is 58.0. The Labute approximate surface area is 264 Å². The number of hydrogen-bond donors (Lipinski definition) is 1. The summed E-state index contributed by atoms with van der Waals surface area (Å²) >= 11 is 0. The summed E-state index contributed by atoms with van der Waals surface area (Å²) < 4.78 is 7.68. The molecule has 45 heavy (non-hydrogen) atoms. The van der Waals surface area contributed by atoms with Gasteiger partial charge in [-0.05, 0) is 63.6 Å². The van der Waals surface area contributed by atoms with Gasteiger partial charge in [-0.1, -0.05) is 25.7 Å². The lowest BCUT2D eigenvalue weighted by molar-refractivity contribution is -0.121. The average Bonchev–Trinajstić information content (AvgIpc) is 3.46. The molecule has 1 aliphatic carbocycles. The highest BCUT2D eigenvalue weighted by Gasteiger charge is 2.43. The molecule has 6 rings (SSSR count). The lowest BCUT2D eigenvalue weighted by atomic mass is 9.88. The number of nitrogens with one attached hydrogen (secondary N) is 1. The van der Waals surface area contributed by atoms with Crippen LogP contribution < -0.4 is 10.2 Å². The minimum atomic E-state index is -0.557. The molecule has 1 N–H and O–H groups in total. The van der Waals surface area contributed by atoms with Crippen molar-refractivity contribution < 1.29 is 19.1 Å². The van der Waals surface area contributed by atoms with Crippen LogP contribution in [0.1, 0.15) is 82.2 Å². The van der Waals surface area contributed by atoms with Gasteiger partial charge in [0.1, 0.15) is 22.8 Å². The first kappa shape index (κ1) is 30.8. The number of ether oxygens (including phenoxy) is 1. The second kappa shape index (κ2) is 12.3. The van der Waals surface area contributed by atoms with Crippen molar-refractivity contribution in [3.05, 3.63) is 36.3 Å². The van der Waals surface area contributed by atoms with Crippen LogP contribution in [0.25, 0.3) is 11.0 Å². The molecule has 5 heterocycles. The molecule has 0 radical (unpaired) electrons. The highest BCUT2D eigenvalue weighted by atomic mass is 16.6. The van der Waals surface area contributed by atoms with E-state index in [1.54, 1.807) is 41.2 Å². The third-order valence-corrected chi connectivity index (χ3v) is 9.07. The van der Waals surface area contributed by atoms with Crippen molar-refractivity contribution in [2.24, 2.45) is 11.8 Å². The van der Waals surface area contributed by atoms with Gasteiger partial charge in [0.15, 0.2) is 0 Å². The summed E-state index contributed by atoms with van der Waals surface area (Å²) in [6, 6.07) is 5.79. The van der Waals surface area contributed by atoms with E-state index in [1.165, 1.54) is 12.8 Å². The fourth-order valence-electron chi connectivity index (χ4n) is 6.85. The molecular weight excluding hydrogens is 572 g/mol. The van der Waals surface area contributed by atoms with Gasteiger partial charge in [0.2, 0.25) is 11.9 Å². The van der Waals surface area contributed by atoms with Crippen molar-refractivity contribution in [2.45, 2.75) is 77.4 Å². The summed E-state index contributed by atoms with van der Waals surface area (Å²) in [5, 5.41) is 4.04. The van der Waals surface area contributed by atoms with E-state index in [-0.39, 0.29) is 35.8 Å². The van der Waals surface area contributed by atoms with Gasteiger partial charge in [0, 0.05) is 57.8 Å². The lowest BCUT2D eigenvalue weighted by Crippen LogP contribution is -2.44. The summed E-state index contributed by atoms with van der Waals surface area (Å²) in [6.45, 7) is 7.21. The van der Waals surface area contributed by atoms with Gasteiger partial charge in [-0.2, -0.15) is 4.98 Å². The molecule has 240 valence electrons. The number of rotatable bonds is 5. The van der Waals surface area contributed by atoms with Gasteiger partial charge >= 0.3 is 6.09 Å². The highest BCUT2D eigenvalue weighted by Crippen LogP contribution is 2.36. The zero-order chi connectivity index (χ0) is 31.9. The van der Waals surface area contributed by atoms with E-state index in [9.17, 15) is 14.4 Å². The maximum atomic E-state index is 13.2. The molecule has 0 unspecified atom stereocenters. The molecule has 2 aliphatic heterocycles. The van der Waals surface area contributed by atoms with E-state index in [0.29, 0.717) is 49.2 Å². The van der Waals surface area contributed by atoms with Gasteiger partial charge < -0.3 is 29.3 Å². The van der Waals surface area contributed by atoms with Crippen molar-refractivity contribution in [1.82, 2.24) is 29.3 Å². The first-order valence-electron chi connectivity index (χ1n) is 16.1. The molecule has 0 bridgehead atoms. The van der Waals surface area contributed by atoms with Crippen LogP contribution in [0.2, 0.25) is 0 Å². The van der Waals surface area contributed by atoms with Crippen LogP contribution in [0.15, 0.2) is 30.6 Å². The van der Waals surface area contributed by atoms with Crippen molar-refractivity contribution in [2.75, 3.05) is 43.9 Å². The molecule has 3 aromatic heterocycles. The number of fused-ring (bicyclic) bond motifs is 2. The second-order valence-corrected chi connectivity index (χ2v) is 13.9. The van der Waals surface area contributed by atoms with E-state index in [1.807, 2.05) is 39.0 Å². The molecule has 1 saturated carbocycles. The SMILES string of the molecule is CN(C)C(=O)c1cc2cnc(Nc3ccc(N4C[C@@H]5CN(C(=O)OC(C)(C)C)C[C@@H]5CC4=O)cn3)nc2n1C1CCCCCC1. The average molecular weight is 617 g/mol. The van der Waals surface area contributed by atoms with E-state index in [0.717, 1.165) is 36.7 Å². The van der Waals surface area contributed by atoms with E-state index >= 15 is 0 Å². The number of amides is 3. The molecule has 0 aromatic carbocycles. The van der Waals surface area contributed by atoms with Gasteiger partial charge in [-0.3, -0.25) is 9.59 Å². The fourth-order valence-corrected chi connectivity index (χ4v) is 6.85. The molecule has 0 spiro atoms. The first-order chi connectivity index (χ1) is 21.5. The number of likely N-dealkylation sites (tertiary alicyclic amines) is 1. The van der Waals surface area contributed by atoms with Crippen LogP contribution in [0.4, 0.5) is 22.2 Å². The predicted octanol–water partition coefficient (Wildman–Crippen LogP) is 5.39. The molecule has 3 aromatic rings. The highest BCUT2D eigenvalue weighted by molar-refractivity contribution is 5.98. The number of carbonyl (C=O) groups is 3. The molecule has 3 fully saturated rings. The topological polar surface area (TPSA) is 126 Å². The molecule has 3 amide bonds. The van der Waals surface area contributed by atoms with Gasteiger partial charge in [-0.15, -0.1) is 0 Å². The molecule has 12 heteroatoms. The largest absolute Gasteiger partial charge is 0.444 e. The Morgan fingerprint density at radius 1 is 0.978 bits per heavy atom. The summed E-state index contributed by atoms with van der Waals surface area (Å²) in [5.74, 6) is 1.24. The zero-order valence-corrected chi connectivity index (χ0v) is 27.0. The van der Waals surface area contributed by atoms with Crippen LogP contribution in [-0.2, 0) is 9.53 Å². The monoisotopic (exact) mass is 616 g/mol. The standard InChI is InChI=1S/C33H44N8O4/c1-33(2,3)45-32(44)39-18-22-15-28(42)40(20-23(22)19-39)25-12-13-27(34-17-25)36-31-35-16-21-14-26(30(43)38(4)5)41(29(21)37-31)24-10-8-6-7-9-11-24/h12-14,16-17,22-24H,6-11,15,18-20H2,1-5H3,(H,34,35,36,37)/t22-,23-/m0/s1. The maximum Gasteiger partial charge on any atom is 0.410 e. The molecule has 2 saturated heterocycles. The summed E-state index contributed by atoms with van der Waals surface area (Å²) in [7, 11) is 3.54. The van der Waals surface area contributed by atoms with E-state index in [2.05, 4.69) is 19.9 Å². The number of piperidine rings is 1. The second-order valence-electron chi connectivity index (χ2n) is 13.9. The van der Waals surface area contributed by atoms with Gasteiger partial charge in [0.05, 0.1) is 11.9 Å².